The van der Waals surface area contributed by atoms with Gasteiger partial charge in [0.05, 0.1) is 5.75 Å². The molecule has 0 spiro atoms. The van der Waals surface area contributed by atoms with Crippen LogP contribution in [-0.2, 0) is 10.0 Å². The monoisotopic (exact) mass is 264 g/mol. The van der Waals surface area contributed by atoms with Gasteiger partial charge in [-0.05, 0) is 44.0 Å². The quantitative estimate of drug-likeness (QED) is 0.755. The van der Waals surface area contributed by atoms with Gasteiger partial charge in [-0.15, -0.1) is 0 Å². The first-order valence-electron chi connectivity index (χ1n) is 5.94. The van der Waals surface area contributed by atoms with Gasteiger partial charge in [0.25, 0.3) is 0 Å². The van der Waals surface area contributed by atoms with Crippen LogP contribution in [0.1, 0.15) is 19.3 Å². The molecule has 2 aliphatic heterocycles. The second-order valence-electron chi connectivity index (χ2n) is 4.66. The SMILES string of the molecule is O=S(=O)(CCC1CNC1)NC1CCCSC1. The van der Waals surface area contributed by atoms with Crippen molar-refractivity contribution in [1.82, 2.24) is 10.0 Å². The van der Waals surface area contributed by atoms with Crippen LogP contribution >= 0.6 is 11.8 Å². The Labute approximate surface area is 102 Å². The molecule has 0 radical (unpaired) electrons. The van der Waals surface area contributed by atoms with Gasteiger partial charge in [-0.1, -0.05) is 0 Å². The smallest absolute Gasteiger partial charge is 0.211 e. The fourth-order valence-electron chi connectivity index (χ4n) is 2.02. The van der Waals surface area contributed by atoms with E-state index in [1.54, 1.807) is 0 Å². The number of thioether (sulfide) groups is 1. The van der Waals surface area contributed by atoms with E-state index < -0.39 is 10.0 Å². The molecule has 0 aromatic heterocycles. The molecule has 94 valence electrons. The average molecular weight is 264 g/mol. The van der Waals surface area contributed by atoms with Crippen molar-refractivity contribution in [2.75, 3.05) is 30.3 Å². The molecular weight excluding hydrogens is 244 g/mol. The minimum atomic E-state index is -3.04. The summed E-state index contributed by atoms with van der Waals surface area (Å²) in [5.74, 6) is 2.97. The van der Waals surface area contributed by atoms with Crippen molar-refractivity contribution >= 4 is 21.8 Å². The second-order valence-corrected chi connectivity index (χ2v) is 7.69. The Hall–Kier alpha value is 0.220. The van der Waals surface area contributed by atoms with E-state index in [9.17, 15) is 8.42 Å². The lowest BCUT2D eigenvalue weighted by Gasteiger charge is -2.27. The van der Waals surface area contributed by atoms with Crippen LogP contribution in [0.2, 0.25) is 0 Å². The van der Waals surface area contributed by atoms with Crippen molar-refractivity contribution in [2.45, 2.75) is 25.3 Å². The molecule has 4 nitrogen and oxygen atoms in total. The summed E-state index contributed by atoms with van der Waals surface area (Å²) in [4.78, 5) is 0. The first-order chi connectivity index (χ1) is 7.66. The topological polar surface area (TPSA) is 58.2 Å². The minimum Gasteiger partial charge on any atom is -0.316 e. The molecule has 1 atom stereocenters. The molecule has 0 aliphatic carbocycles. The van der Waals surface area contributed by atoms with Crippen molar-refractivity contribution in [3.63, 3.8) is 0 Å². The summed E-state index contributed by atoms with van der Waals surface area (Å²) in [6.07, 6.45) is 2.92. The number of hydrogen-bond donors (Lipinski definition) is 2. The maximum Gasteiger partial charge on any atom is 0.211 e. The summed E-state index contributed by atoms with van der Waals surface area (Å²) < 4.78 is 26.4. The van der Waals surface area contributed by atoms with Gasteiger partial charge < -0.3 is 5.32 Å². The van der Waals surface area contributed by atoms with E-state index in [-0.39, 0.29) is 6.04 Å². The van der Waals surface area contributed by atoms with Crippen LogP contribution < -0.4 is 10.0 Å². The molecule has 6 heteroatoms. The number of nitrogens with one attached hydrogen (secondary N) is 2. The minimum absolute atomic E-state index is 0.170. The van der Waals surface area contributed by atoms with Gasteiger partial charge >= 0.3 is 0 Å². The van der Waals surface area contributed by atoms with Crippen LogP contribution in [0.15, 0.2) is 0 Å². The van der Waals surface area contributed by atoms with Gasteiger partial charge in [-0.3, -0.25) is 0 Å². The lowest BCUT2D eigenvalue weighted by Crippen LogP contribution is -2.44. The number of hydrogen-bond acceptors (Lipinski definition) is 4. The van der Waals surface area contributed by atoms with Crippen LogP contribution in [0, 0.1) is 5.92 Å². The lowest BCUT2D eigenvalue weighted by molar-refractivity contribution is 0.338. The Bertz CT molecular complexity index is 309. The largest absolute Gasteiger partial charge is 0.316 e. The Morgan fingerprint density at radius 3 is 2.75 bits per heavy atom. The molecule has 2 fully saturated rings. The van der Waals surface area contributed by atoms with Crippen molar-refractivity contribution in [2.24, 2.45) is 5.92 Å². The summed E-state index contributed by atoms with van der Waals surface area (Å²) in [5, 5.41) is 3.16. The highest BCUT2D eigenvalue weighted by Gasteiger charge is 2.23. The molecule has 2 N–H and O–H groups in total. The Morgan fingerprint density at radius 1 is 1.38 bits per heavy atom. The van der Waals surface area contributed by atoms with Crippen molar-refractivity contribution in [1.29, 1.82) is 0 Å². The standard InChI is InChI=1S/C10H20N2O2S2/c13-16(14,5-3-9-6-11-7-9)12-10-2-1-4-15-8-10/h9-12H,1-8H2. The molecule has 0 aromatic rings. The van der Waals surface area contributed by atoms with E-state index in [2.05, 4.69) is 10.0 Å². The number of sulfonamides is 1. The maximum atomic E-state index is 11.8. The summed E-state index contributed by atoms with van der Waals surface area (Å²) in [5.41, 5.74) is 0. The van der Waals surface area contributed by atoms with Crippen molar-refractivity contribution in [3.05, 3.63) is 0 Å². The average Bonchev–Trinajstić information content (AvgIpc) is 2.15. The van der Waals surface area contributed by atoms with Crippen LogP contribution in [0.3, 0.4) is 0 Å². The van der Waals surface area contributed by atoms with Gasteiger partial charge in [0, 0.05) is 11.8 Å². The fourth-order valence-corrected chi connectivity index (χ4v) is 4.67. The summed E-state index contributed by atoms with van der Waals surface area (Å²) in [7, 11) is -3.04. The third-order valence-corrected chi connectivity index (χ3v) is 5.85. The third-order valence-electron chi connectivity index (χ3n) is 3.17. The van der Waals surface area contributed by atoms with Gasteiger partial charge in [-0.2, -0.15) is 11.8 Å². The molecule has 0 aromatic carbocycles. The molecular formula is C10H20N2O2S2. The maximum absolute atomic E-state index is 11.8. The zero-order valence-corrected chi connectivity index (χ0v) is 11.1. The fraction of sp³-hybridized carbons (Fsp3) is 1.00. The van der Waals surface area contributed by atoms with Crippen LogP contribution in [0.25, 0.3) is 0 Å². The van der Waals surface area contributed by atoms with Crippen molar-refractivity contribution < 1.29 is 8.42 Å². The highest BCUT2D eigenvalue weighted by Crippen LogP contribution is 2.18. The van der Waals surface area contributed by atoms with E-state index in [0.29, 0.717) is 11.7 Å². The molecule has 0 saturated carbocycles. The predicted octanol–water partition coefficient (Wildman–Crippen LogP) is 0.411. The molecule has 2 rings (SSSR count). The van der Waals surface area contributed by atoms with Crippen molar-refractivity contribution in [3.8, 4) is 0 Å². The van der Waals surface area contributed by atoms with E-state index >= 15 is 0 Å². The second kappa shape index (κ2) is 5.71. The highest BCUT2D eigenvalue weighted by atomic mass is 32.2. The Balaban J connectivity index is 1.72. The Morgan fingerprint density at radius 2 is 2.19 bits per heavy atom. The van der Waals surface area contributed by atoms with Gasteiger partial charge in [0.2, 0.25) is 10.0 Å². The van der Waals surface area contributed by atoms with E-state index in [1.165, 1.54) is 5.75 Å². The lowest BCUT2D eigenvalue weighted by atomic mass is 10.0. The molecule has 1 unspecified atom stereocenters. The molecule has 2 heterocycles. The molecule has 16 heavy (non-hydrogen) atoms. The van der Waals surface area contributed by atoms with Crippen LogP contribution in [-0.4, -0.2) is 44.8 Å². The normalized spacial score (nSPS) is 27.6. The van der Waals surface area contributed by atoms with E-state index in [0.717, 1.165) is 38.1 Å². The summed E-state index contributed by atoms with van der Waals surface area (Å²) in [6.45, 7) is 1.96. The zero-order chi connectivity index (χ0) is 11.4. The van der Waals surface area contributed by atoms with Gasteiger partial charge in [0.1, 0.15) is 0 Å². The summed E-state index contributed by atoms with van der Waals surface area (Å²) >= 11 is 1.85. The first kappa shape index (κ1) is 12.7. The van der Waals surface area contributed by atoms with Gasteiger partial charge in [0.15, 0.2) is 0 Å². The van der Waals surface area contributed by atoms with Gasteiger partial charge in [-0.25, -0.2) is 13.1 Å². The zero-order valence-electron chi connectivity index (χ0n) is 9.44. The first-order valence-corrected chi connectivity index (χ1v) is 8.75. The van der Waals surface area contributed by atoms with Crippen LogP contribution in [0.5, 0.6) is 0 Å². The predicted molar refractivity (Wildman–Crippen MR) is 68.2 cm³/mol. The highest BCUT2D eigenvalue weighted by molar-refractivity contribution is 7.99. The summed E-state index contributed by atoms with van der Waals surface area (Å²) in [6, 6.07) is 0.170. The molecule has 0 amide bonds. The van der Waals surface area contributed by atoms with E-state index in [4.69, 9.17) is 0 Å². The van der Waals surface area contributed by atoms with Crippen LogP contribution in [0.4, 0.5) is 0 Å². The molecule has 2 saturated heterocycles. The molecule has 2 aliphatic rings. The van der Waals surface area contributed by atoms with E-state index in [1.807, 2.05) is 11.8 Å². The molecule has 0 bridgehead atoms. The third kappa shape index (κ3) is 3.91. The Kier molecular flexibility index (Phi) is 4.52. The number of rotatable bonds is 5.